The van der Waals surface area contributed by atoms with E-state index in [9.17, 15) is 0 Å². The van der Waals surface area contributed by atoms with Crippen molar-refractivity contribution in [1.82, 2.24) is 0 Å². The molecule has 0 radical (unpaired) electrons. The molecule has 0 aromatic carbocycles. The summed E-state index contributed by atoms with van der Waals surface area (Å²) in [6, 6.07) is 1.96. The third-order valence-electron chi connectivity index (χ3n) is 2.39. The van der Waals surface area contributed by atoms with Crippen LogP contribution in [0.4, 0.5) is 11.5 Å². The van der Waals surface area contributed by atoms with E-state index in [1.807, 2.05) is 6.07 Å². The summed E-state index contributed by atoms with van der Waals surface area (Å²) in [6.07, 6.45) is 0.504. The summed E-state index contributed by atoms with van der Waals surface area (Å²) >= 11 is 5.69. The number of pyridine rings is 1. The van der Waals surface area contributed by atoms with E-state index in [-0.39, 0.29) is 17.5 Å². The van der Waals surface area contributed by atoms with Crippen LogP contribution in [-0.2, 0) is 6.42 Å². The van der Waals surface area contributed by atoms with Crippen LogP contribution < -0.4 is 21.2 Å². The molecule has 0 fully saturated rings. The summed E-state index contributed by atoms with van der Waals surface area (Å²) in [6.45, 7) is 0. The molecule has 0 saturated heterocycles. The standard InChI is InChI=1S/C9H9ClN4O/c10-2-4-1-5-7(12)6(3-11)8(13)14-9(5)15-4/h4H,1-2H2,(H4,12,13,14)/p+1/t4-/m1/s1. The Morgan fingerprint density at radius 1 is 1.60 bits per heavy atom. The lowest BCUT2D eigenvalue weighted by Gasteiger charge is -2.02. The molecule has 1 aromatic rings. The fourth-order valence-corrected chi connectivity index (χ4v) is 1.80. The molecule has 6 heteroatoms. The average molecular weight is 226 g/mol. The third kappa shape index (κ3) is 1.43. The number of rotatable bonds is 1. The predicted molar refractivity (Wildman–Crippen MR) is 55.4 cm³/mol. The lowest BCUT2D eigenvalue weighted by molar-refractivity contribution is -0.377. The largest absolute Gasteiger partial charge is 0.457 e. The van der Waals surface area contributed by atoms with Gasteiger partial charge >= 0.3 is 0 Å². The number of halogens is 1. The Balaban J connectivity index is 2.53. The number of nitrogens with zero attached hydrogens (tertiary/aromatic N) is 1. The van der Waals surface area contributed by atoms with Crippen LogP contribution in [0.25, 0.3) is 0 Å². The van der Waals surface area contributed by atoms with E-state index in [1.54, 1.807) is 0 Å². The van der Waals surface area contributed by atoms with Crippen molar-refractivity contribution in [2.24, 2.45) is 0 Å². The number of alkyl halides is 1. The van der Waals surface area contributed by atoms with Gasteiger partial charge in [-0.05, 0) is 0 Å². The number of hydrogen-bond donors (Lipinski definition) is 2. The molecule has 0 aliphatic carbocycles. The maximum absolute atomic E-state index is 8.86. The van der Waals surface area contributed by atoms with Crippen LogP contribution in [0.15, 0.2) is 0 Å². The molecule has 1 atom stereocenters. The van der Waals surface area contributed by atoms with Gasteiger partial charge in [0.2, 0.25) is 0 Å². The first kappa shape index (κ1) is 9.87. The van der Waals surface area contributed by atoms with Crippen LogP contribution in [0.3, 0.4) is 0 Å². The lowest BCUT2D eigenvalue weighted by Crippen LogP contribution is -2.19. The van der Waals surface area contributed by atoms with E-state index < -0.39 is 0 Å². The van der Waals surface area contributed by atoms with E-state index in [0.717, 1.165) is 5.56 Å². The number of nitrogen functional groups attached to an aromatic ring is 2. The van der Waals surface area contributed by atoms with Crippen LogP contribution in [0, 0.1) is 11.3 Å². The van der Waals surface area contributed by atoms with Gasteiger partial charge in [-0.2, -0.15) is 5.26 Å². The molecular formula is C9H10ClN4O+. The Hall–Kier alpha value is -1.67. The van der Waals surface area contributed by atoms with E-state index in [4.69, 9.17) is 33.1 Å². The zero-order valence-electron chi connectivity index (χ0n) is 7.88. The maximum atomic E-state index is 8.86. The molecular weight excluding hydrogens is 216 g/mol. The van der Waals surface area contributed by atoms with Gasteiger partial charge in [0.25, 0.3) is 11.7 Å². The smallest absolute Gasteiger partial charge is 0.293 e. The Bertz CT molecular complexity index is 454. The van der Waals surface area contributed by atoms with Crippen LogP contribution in [0.5, 0.6) is 5.88 Å². The molecule has 2 heterocycles. The first-order valence-electron chi connectivity index (χ1n) is 4.43. The molecule has 5 nitrogen and oxygen atoms in total. The molecule has 1 aliphatic heterocycles. The molecule has 78 valence electrons. The monoisotopic (exact) mass is 225 g/mol. The highest BCUT2D eigenvalue weighted by atomic mass is 35.5. The molecule has 0 unspecified atom stereocenters. The van der Waals surface area contributed by atoms with Crippen molar-refractivity contribution in [1.29, 1.82) is 5.26 Å². The number of aromatic amines is 1. The van der Waals surface area contributed by atoms with E-state index in [0.29, 0.717) is 23.9 Å². The minimum atomic E-state index is -0.103. The normalized spacial score (nSPS) is 18.0. The summed E-state index contributed by atoms with van der Waals surface area (Å²) < 4.78 is 5.46. The van der Waals surface area contributed by atoms with Gasteiger partial charge in [-0.3, -0.25) is 5.73 Å². The summed E-state index contributed by atoms with van der Waals surface area (Å²) in [7, 11) is 0. The first-order valence-corrected chi connectivity index (χ1v) is 4.96. The number of hydrogen-bond acceptors (Lipinski definition) is 4. The van der Waals surface area contributed by atoms with Crippen molar-refractivity contribution in [3.05, 3.63) is 11.1 Å². The van der Waals surface area contributed by atoms with E-state index in [2.05, 4.69) is 4.98 Å². The predicted octanol–water partition coefficient (Wildman–Crippen LogP) is 0.0791. The molecule has 0 saturated carbocycles. The fourth-order valence-electron chi connectivity index (χ4n) is 1.62. The molecule has 15 heavy (non-hydrogen) atoms. The number of ether oxygens (including phenoxy) is 1. The van der Waals surface area contributed by atoms with Gasteiger partial charge in [-0.15, -0.1) is 11.6 Å². The Kier molecular flexibility index (Phi) is 2.29. The number of fused-ring (bicyclic) bond motifs is 1. The van der Waals surface area contributed by atoms with Crippen molar-refractivity contribution in [2.75, 3.05) is 17.3 Å². The van der Waals surface area contributed by atoms with E-state index in [1.165, 1.54) is 0 Å². The highest BCUT2D eigenvalue weighted by molar-refractivity contribution is 6.18. The van der Waals surface area contributed by atoms with Gasteiger partial charge in [0.05, 0.1) is 17.1 Å². The fraction of sp³-hybridized carbons (Fsp3) is 0.333. The Labute approximate surface area is 91.6 Å². The van der Waals surface area contributed by atoms with Crippen molar-refractivity contribution in [2.45, 2.75) is 12.5 Å². The first-order chi connectivity index (χ1) is 7.17. The van der Waals surface area contributed by atoms with Gasteiger partial charge in [0.1, 0.15) is 12.2 Å². The number of aromatic nitrogens is 1. The zero-order valence-corrected chi connectivity index (χ0v) is 8.64. The second-order valence-corrected chi connectivity index (χ2v) is 3.65. The summed E-state index contributed by atoms with van der Waals surface area (Å²) in [5.41, 5.74) is 12.9. The van der Waals surface area contributed by atoms with Crippen LogP contribution in [0.1, 0.15) is 11.1 Å². The number of H-pyrrole nitrogens is 1. The van der Waals surface area contributed by atoms with Gasteiger partial charge in [0.15, 0.2) is 5.56 Å². The molecule has 2 rings (SSSR count). The topological polar surface area (TPSA) is 99.2 Å². The van der Waals surface area contributed by atoms with Crippen molar-refractivity contribution >= 4 is 23.1 Å². The van der Waals surface area contributed by atoms with Gasteiger partial charge in [-0.25, -0.2) is 4.98 Å². The van der Waals surface area contributed by atoms with Crippen molar-refractivity contribution in [3.63, 3.8) is 0 Å². The van der Waals surface area contributed by atoms with E-state index >= 15 is 0 Å². The maximum Gasteiger partial charge on any atom is 0.293 e. The number of nitriles is 1. The van der Waals surface area contributed by atoms with Gasteiger partial charge in [-0.1, -0.05) is 0 Å². The van der Waals surface area contributed by atoms with Crippen molar-refractivity contribution < 1.29 is 9.72 Å². The zero-order chi connectivity index (χ0) is 11.0. The second-order valence-electron chi connectivity index (χ2n) is 3.35. The average Bonchev–Trinajstić information content (AvgIpc) is 2.61. The van der Waals surface area contributed by atoms with Crippen LogP contribution in [0.2, 0.25) is 0 Å². The van der Waals surface area contributed by atoms with Crippen LogP contribution >= 0.6 is 11.6 Å². The van der Waals surface area contributed by atoms with Gasteiger partial charge < -0.3 is 10.5 Å². The molecule has 0 spiro atoms. The second kappa shape index (κ2) is 3.48. The minimum Gasteiger partial charge on any atom is -0.457 e. The number of nitrogens with two attached hydrogens (primary N) is 2. The number of anilines is 2. The minimum absolute atomic E-state index is 0.103. The summed E-state index contributed by atoms with van der Waals surface area (Å²) in [4.78, 5) is 2.81. The van der Waals surface area contributed by atoms with Gasteiger partial charge in [0, 0.05) is 6.42 Å². The summed E-state index contributed by atoms with van der Waals surface area (Å²) in [5, 5.41) is 8.86. The van der Waals surface area contributed by atoms with Crippen molar-refractivity contribution in [3.8, 4) is 11.9 Å². The quantitative estimate of drug-likeness (QED) is 0.661. The molecule has 1 aromatic heterocycles. The highest BCUT2D eigenvalue weighted by Gasteiger charge is 2.30. The Morgan fingerprint density at radius 2 is 2.33 bits per heavy atom. The Morgan fingerprint density at radius 3 is 2.93 bits per heavy atom. The summed E-state index contributed by atoms with van der Waals surface area (Å²) in [5.74, 6) is 1.13. The SMILES string of the molecule is N#Cc1c(N)[nH+]c2c(c1N)C[C@H](CCl)O2. The number of nitrogens with one attached hydrogen (secondary N) is 1. The highest BCUT2D eigenvalue weighted by Crippen LogP contribution is 2.33. The lowest BCUT2D eigenvalue weighted by atomic mass is 10.1. The molecule has 0 amide bonds. The third-order valence-corrected chi connectivity index (χ3v) is 2.73. The molecule has 5 N–H and O–H groups in total. The molecule has 0 bridgehead atoms. The van der Waals surface area contributed by atoms with Crippen LogP contribution in [-0.4, -0.2) is 12.0 Å². The molecule has 1 aliphatic rings.